The normalized spacial score (nSPS) is 11.9. The van der Waals surface area contributed by atoms with Gasteiger partial charge in [-0.1, -0.05) is 218 Å². The molecule has 0 unspecified atom stereocenters. The lowest BCUT2D eigenvalue weighted by Crippen LogP contribution is -2.11. The van der Waals surface area contributed by atoms with E-state index < -0.39 is 0 Å². The molecule has 17 rings (SSSR count). The molecule has 382 valence electrons. The predicted octanol–water partition coefficient (Wildman–Crippen LogP) is 22.7. The van der Waals surface area contributed by atoms with Crippen LogP contribution < -0.4 is 9.80 Å². The van der Waals surface area contributed by atoms with Gasteiger partial charge in [-0.2, -0.15) is 0 Å². The number of nitrogens with zero attached hydrogens (tertiary/aromatic N) is 2. The summed E-state index contributed by atoms with van der Waals surface area (Å²) in [6, 6.07) is 106. The van der Waals surface area contributed by atoms with Crippen LogP contribution in [0.3, 0.4) is 0 Å². The number of para-hydroxylation sites is 2. The van der Waals surface area contributed by atoms with Gasteiger partial charge in [-0.3, -0.25) is 0 Å². The molecule has 4 heteroatoms. The Kier molecular flexibility index (Phi) is 10.3. The van der Waals surface area contributed by atoms with Crippen LogP contribution in [0.25, 0.3) is 131 Å². The number of benzene rings is 15. The molecule has 0 spiro atoms. The van der Waals surface area contributed by atoms with Crippen LogP contribution in [-0.2, 0) is 0 Å². The summed E-state index contributed by atoms with van der Waals surface area (Å²) in [5.41, 5.74) is 14.4. The zero-order chi connectivity index (χ0) is 53.8. The summed E-state index contributed by atoms with van der Waals surface area (Å²) in [4.78, 5) is 4.93. The topological polar surface area (TPSA) is 32.8 Å². The second kappa shape index (κ2) is 18.3. The molecule has 0 radical (unpaired) electrons. The third-order valence-corrected chi connectivity index (χ3v) is 17.0. The van der Waals surface area contributed by atoms with Crippen LogP contribution in [0.2, 0.25) is 0 Å². The van der Waals surface area contributed by atoms with Crippen LogP contribution in [0.1, 0.15) is 0 Å². The fraction of sp³-hybridized carbons (Fsp3) is 0. The Morgan fingerprint density at radius 1 is 0.207 bits per heavy atom. The van der Waals surface area contributed by atoms with Gasteiger partial charge in [-0.25, -0.2) is 0 Å². The molecule has 0 aliphatic heterocycles. The van der Waals surface area contributed by atoms with E-state index in [4.69, 9.17) is 8.83 Å². The Morgan fingerprint density at radius 3 is 0.963 bits per heavy atom. The first-order valence-electron chi connectivity index (χ1n) is 28.1. The number of furan rings is 2. The Balaban J connectivity index is 1.03. The van der Waals surface area contributed by atoms with Crippen LogP contribution >= 0.6 is 0 Å². The maximum absolute atomic E-state index is 6.64. The van der Waals surface area contributed by atoms with Crippen molar-refractivity contribution in [2.24, 2.45) is 0 Å². The van der Waals surface area contributed by atoms with E-state index in [1.165, 1.54) is 54.6 Å². The predicted molar refractivity (Wildman–Crippen MR) is 346 cm³/mol. The molecule has 17 aromatic rings. The quantitative estimate of drug-likeness (QED) is 0.142. The molecule has 0 saturated heterocycles. The molecule has 0 fully saturated rings. The summed E-state index contributed by atoms with van der Waals surface area (Å²) in [7, 11) is 0. The molecule has 2 aromatic heterocycles. The second-order valence-electron chi connectivity index (χ2n) is 21.4. The van der Waals surface area contributed by atoms with E-state index >= 15 is 0 Å². The van der Waals surface area contributed by atoms with Gasteiger partial charge in [0.05, 0.1) is 33.5 Å². The highest BCUT2D eigenvalue weighted by molar-refractivity contribution is 6.27. The minimum Gasteiger partial charge on any atom is -0.456 e. The van der Waals surface area contributed by atoms with Crippen molar-refractivity contribution in [2.45, 2.75) is 0 Å². The molecule has 0 saturated carbocycles. The van der Waals surface area contributed by atoms with Crippen LogP contribution in [-0.4, -0.2) is 0 Å². The molecule has 0 N–H and O–H groups in total. The van der Waals surface area contributed by atoms with Crippen LogP contribution in [0.4, 0.5) is 34.1 Å². The fourth-order valence-corrected chi connectivity index (χ4v) is 13.5. The Hall–Kier alpha value is -10.9. The molecule has 0 atom stereocenters. The van der Waals surface area contributed by atoms with E-state index in [1.807, 2.05) is 0 Å². The van der Waals surface area contributed by atoms with Crippen molar-refractivity contribution in [2.75, 3.05) is 9.80 Å². The summed E-state index contributed by atoms with van der Waals surface area (Å²) < 4.78 is 13.3. The summed E-state index contributed by atoms with van der Waals surface area (Å²) in [6.07, 6.45) is 0. The van der Waals surface area contributed by atoms with E-state index in [-0.39, 0.29) is 0 Å². The summed E-state index contributed by atoms with van der Waals surface area (Å²) >= 11 is 0. The third kappa shape index (κ3) is 7.05. The Morgan fingerprint density at radius 2 is 0.524 bits per heavy atom. The van der Waals surface area contributed by atoms with E-state index in [1.54, 1.807) is 0 Å². The third-order valence-electron chi connectivity index (χ3n) is 17.0. The minimum absolute atomic E-state index is 0.843. The second-order valence-corrected chi connectivity index (χ2v) is 21.4. The zero-order valence-electron chi connectivity index (χ0n) is 44.4. The molecule has 2 heterocycles. The highest BCUT2D eigenvalue weighted by atomic mass is 16.3. The van der Waals surface area contributed by atoms with Crippen molar-refractivity contribution < 1.29 is 8.83 Å². The fourth-order valence-electron chi connectivity index (χ4n) is 13.5. The molecule has 82 heavy (non-hydrogen) atoms. The average Bonchev–Trinajstić information content (AvgIpc) is 2.03. The van der Waals surface area contributed by atoms with Gasteiger partial charge >= 0.3 is 0 Å². The van der Waals surface area contributed by atoms with Crippen molar-refractivity contribution in [1.82, 2.24) is 0 Å². The molecule has 0 aliphatic carbocycles. The van der Waals surface area contributed by atoms with Crippen molar-refractivity contribution in [3.8, 4) is 22.3 Å². The van der Waals surface area contributed by atoms with Gasteiger partial charge in [-0.15, -0.1) is 0 Å². The molecule has 15 aromatic carbocycles. The zero-order valence-corrected chi connectivity index (χ0v) is 44.4. The molecule has 0 bridgehead atoms. The SMILES string of the molecule is c1ccc2c(-c3c4ccc(N(c5cccc6ccccc56)c5cccc6oc7ccccc7c56)cc4c(-c4cccc5ccccc45)c4ccc(N(c5cccc6ccccc56)c5cccc6oc7ccccc7c56)cc34)cccc2c1. The number of rotatable bonds is 8. The first kappa shape index (κ1) is 46.0. The average molecular weight is 1050 g/mol. The van der Waals surface area contributed by atoms with Gasteiger partial charge in [0.25, 0.3) is 0 Å². The number of hydrogen-bond donors (Lipinski definition) is 0. The van der Waals surface area contributed by atoms with Gasteiger partial charge < -0.3 is 18.6 Å². The summed E-state index contributed by atoms with van der Waals surface area (Å²) in [5.74, 6) is 0. The Labute approximate surface area is 472 Å². The standard InChI is InChI=1S/C78H48N2O2/c1-5-27-55-49(19-1)23-13-33-59(55)75-61-45-43-54(80(68-36-16-26-52-22-4-8-30-58(52)68)70-38-18-42-74-78(70)64-32-10-12-40-72(64)82-74)48-66(61)76(60-34-14-24-50-20-2-6-28-56(50)60)62-46-44-53(47-65(62)75)79(67-35-15-25-51-21-3-7-29-57(51)67)69-37-17-41-73-77(69)63-31-9-11-39-71(63)81-73/h1-48H. The van der Waals surface area contributed by atoms with Gasteiger partial charge in [0.15, 0.2) is 0 Å². The highest BCUT2D eigenvalue weighted by Gasteiger charge is 2.27. The highest BCUT2D eigenvalue weighted by Crippen LogP contribution is 2.53. The van der Waals surface area contributed by atoms with Crippen LogP contribution in [0.15, 0.2) is 300 Å². The molecular weight excluding hydrogens is 997 g/mol. The Bertz CT molecular complexity index is 5090. The van der Waals surface area contributed by atoms with Crippen LogP contribution in [0.5, 0.6) is 0 Å². The maximum atomic E-state index is 6.64. The lowest BCUT2D eigenvalue weighted by Gasteiger charge is -2.30. The first-order valence-corrected chi connectivity index (χ1v) is 28.1. The largest absolute Gasteiger partial charge is 0.456 e. The van der Waals surface area contributed by atoms with Crippen molar-refractivity contribution in [3.05, 3.63) is 291 Å². The lowest BCUT2D eigenvalue weighted by molar-refractivity contribution is 0.668. The lowest BCUT2D eigenvalue weighted by atomic mass is 9.83. The smallest absolute Gasteiger partial charge is 0.137 e. The van der Waals surface area contributed by atoms with Crippen LogP contribution in [0, 0.1) is 0 Å². The van der Waals surface area contributed by atoms with Crippen molar-refractivity contribution >= 4 is 143 Å². The molecule has 0 amide bonds. The number of anilines is 6. The monoisotopic (exact) mass is 1040 g/mol. The number of fused-ring (bicyclic) bond motifs is 12. The van der Waals surface area contributed by atoms with Gasteiger partial charge in [-0.05, 0) is 149 Å². The minimum atomic E-state index is 0.843. The van der Waals surface area contributed by atoms with Gasteiger partial charge in [0, 0.05) is 32.9 Å². The molecule has 4 nitrogen and oxygen atoms in total. The van der Waals surface area contributed by atoms with Gasteiger partial charge in [0.2, 0.25) is 0 Å². The van der Waals surface area contributed by atoms with Gasteiger partial charge in [0.1, 0.15) is 22.3 Å². The van der Waals surface area contributed by atoms with E-state index in [0.29, 0.717) is 0 Å². The van der Waals surface area contributed by atoms with E-state index in [0.717, 1.165) is 110 Å². The summed E-state index contributed by atoms with van der Waals surface area (Å²) in [5, 5.41) is 18.3. The molecule has 0 aliphatic rings. The van der Waals surface area contributed by atoms with Crippen molar-refractivity contribution in [1.29, 1.82) is 0 Å². The molecular formula is C78H48N2O2. The maximum Gasteiger partial charge on any atom is 0.137 e. The number of hydrogen-bond acceptors (Lipinski definition) is 4. The summed E-state index contributed by atoms with van der Waals surface area (Å²) in [6.45, 7) is 0. The van der Waals surface area contributed by atoms with E-state index in [2.05, 4.69) is 301 Å². The first-order chi connectivity index (χ1) is 40.7. The van der Waals surface area contributed by atoms with Crippen molar-refractivity contribution in [3.63, 3.8) is 0 Å². The van der Waals surface area contributed by atoms with E-state index in [9.17, 15) is 0 Å².